The van der Waals surface area contributed by atoms with Crippen LogP contribution in [-0.2, 0) is 13.0 Å². The average Bonchev–Trinajstić information content (AvgIpc) is 2.64. The van der Waals surface area contributed by atoms with Crippen LogP contribution in [0.5, 0.6) is 0 Å². The lowest BCUT2D eigenvalue weighted by Crippen LogP contribution is -2.33. The summed E-state index contributed by atoms with van der Waals surface area (Å²) in [6.07, 6.45) is 4.73. The predicted octanol–water partition coefficient (Wildman–Crippen LogP) is 2.64. The van der Waals surface area contributed by atoms with Gasteiger partial charge in [0.2, 0.25) is 0 Å². The average molecular weight is 349 g/mol. The standard InChI is InChI=1S/C21H40N4/c1-4-17-25(19-21-10-8-20(5-2)9-11-21)18-16-24-15-7-14-23-13-6-12-22-3/h8-11,22-24H,4-7,12-19H2,1-3H3. The molecule has 4 nitrogen and oxygen atoms in total. The Hall–Kier alpha value is -0.940. The maximum Gasteiger partial charge on any atom is 0.0234 e. The fraction of sp³-hybridized carbons (Fsp3) is 0.714. The van der Waals surface area contributed by atoms with E-state index in [1.54, 1.807) is 0 Å². The summed E-state index contributed by atoms with van der Waals surface area (Å²) in [5.74, 6) is 0. The number of benzene rings is 1. The predicted molar refractivity (Wildman–Crippen MR) is 110 cm³/mol. The Labute approximate surface area is 155 Å². The van der Waals surface area contributed by atoms with E-state index in [9.17, 15) is 0 Å². The van der Waals surface area contributed by atoms with Crippen LogP contribution in [0.2, 0.25) is 0 Å². The van der Waals surface area contributed by atoms with Crippen LogP contribution in [0.1, 0.15) is 44.2 Å². The van der Waals surface area contributed by atoms with Gasteiger partial charge in [-0.05, 0) is 76.6 Å². The van der Waals surface area contributed by atoms with Gasteiger partial charge >= 0.3 is 0 Å². The van der Waals surface area contributed by atoms with Crippen LogP contribution < -0.4 is 16.0 Å². The van der Waals surface area contributed by atoms with Gasteiger partial charge in [0.25, 0.3) is 0 Å². The molecule has 0 radical (unpaired) electrons. The van der Waals surface area contributed by atoms with E-state index in [0.717, 1.165) is 52.2 Å². The van der Waals surface area contributed by atoms with E-state index in [-0.39, 0.29) is 0 Å². The zero-order chi connectivity index (χ0) is 18.2. The molecule has 0 saturated heterocycles. The fourth-order valence-corrected chi connectivity index (χ4v) is 2.94. The molecule has 3 N–H and O–H groups in total. The summed E-state index contributed by atoms with van der Waals surface area (Å²) < 4.78 is 0. The number of nitrogens with one attached hydrogen (secondary N) is 3. The molecule has 144 valence electrons. The Morgan fingerprint density at radius 2 is 1.36 bits per heavy atom. The molecular weight excluding hydrogens is 308 g/mol. The van der Waals surface area contributed by atoms with Crippen LogP contribution in [-0.4, -0.2) is 57.8 Å². The first-order valence-corrected chi connectivity index (χ1v) is 10.2. The minimum Gasteiger partial charge on any atom is -0.320 e. The molecule has 1 rings (SSSR count). The zero-order valence-electron chi connectivity index (χ0n) is 16.7. The van der Waals surface area contributed by atoms with E-state index in [1.807, 2.05) is 7.05 Å². The Bertz CT molecular complexity index is 405. The molecule has 0 amide bonds. The van der Waals surface area contributed by atoms with Gasteiger partial charge in [0, 0.05) is 19.6 Å². The van der Waals surface area contributed by atoms with Crippen LogP contribution in [0.3, 0.4) is 0 Å². The molecule has 0 fully saturated rings. The van der Waals surface area contributed by atoms with E-state index in [1.165, 1.54) is 36.9 Å². The topological polar surface area (TPSA) is 39.3 Å². The summed E-state index contributed by atoms with van der Waals surface area (Å²) in [6.45, 7) is 13.3. The molecule has 0 aromatic heterocycles. The Kier molecular flexibility index (Phi) is 13.5. The second kappa shape index (κ2) is 15.3. The van der Waals surface area contributed by atoms with Gasteiger partial charge in [0.1, 0.15) is 0 Å². The van der Waals surface area contributed by atoms with Crippen molar-refractivity contribution in [1.29, 1.82) is 0 Å². The normalized spacial score (nSPS) is 11.4. The maximum atomic E-state index is 3.59. The largest absolute Gasteiger partial charge is 0.320 e. The third kappa shape index (κ3) is 11.3. The van der Waals surface area contributed by atoms with Crippen LogP contribution >= 0.6 is 0 Å². The van der Waals surface area contributed by atoms with Crippen molar-refractivity contribution in [2.24, 2.45) is 0 Å². The summed E-state index contributed by atoms with van der Waals surface area (Å²) in [5, 5.41) is 10.3. The lowest BCUT2D eigenvalue weighted by molar-refractivity contribution is 0.265. The molecule has 1 aromatic carbocycles. The highest BCUT2D eigenvalue weighted by Crippen LogP contribution is 2.08. The molecule has 0 heterocycles. The number of nitrogens with zero attached hydrogens (tertiary/aromatic N) is 1. The molecule has 0 unspecified atom stereocenters. The summed E-state index contributed by atoms with van der Waals surface area (Å²) in [5.41, 5.74) is 2.85. The van der Waals surface area contributed by atoms with Crippen LogP contribution in [0.4, 0.5) is 0 Å². The highest BCUT2D eigenvalue weighted by atomic mass is 15.1. The third-order valence-corrected chi connectivity index (χ3v) is 4.47. The third-order valence-electron chi connectivity index (χ3n) is 4.47. The molecule has 25 heavy (non-hydrogen) atoms. The number of hydrogen-bond donors (Lipinski definition) is 3. The summed E-state index contributed by atoms with van der Waals surface area (Å²) in [6, 6.07) is 9.10. The van der Waals surface area contributed by atoms with Crippen molar-refractivity contribution >= 4 is 0 Å². The Balaban J connectivity index is 2.12. The highest BCUT2D eigenvalue weighted by Gasteiger charge is 2.05. The number of aryl methyl sites for hydroxylation is 1. The van der Waals surface area contributed by atoms with Gasteiger partial charge in [0.15, 0.2) is 0 Å². The minimum absolute atomic E-state index is 1.06. The molecule has 0 aliphatic heterocycles. The fourth-order valence-electron chi connectivity index (χ4n) is 2.94. The number of hydrogen-bond acceptors (Lipinski definition) is 4. The van der Waals surface area contributed by atoms with E-state index in [4.69, 9.17) is 0 Å². The molecule has 0 atom stereocenters. The van der Waals surface area contributed by atoms with Crippen molar-refractivity contribution in [2.75, 3.05) is 52.9 Å². The summed E-state index contributed by atoms with van der Waals surface area (Å²) in [7, 11) is 2.01. The maximum absolute atomic E-state index is 3.59. The quantitative estimate of drug-likeness (QED) is 0.402. The minimum atomic E-state index is 1.06. The van der Waals surface area contributed by atoms with Gasteiger partial charge in [-0.3, -0.25) is 4.90 Å². The molecule has 0 saturated carbocycles. The van der Waals surface area contributed by atoms with Crippen LogP contribution in [0.15, 0.2) is 24.3 Å². The van der Waals surface area contributed by atoms with E-state index in [0.29, 0.717) is 0 Å². The SMILES string of the molecule is CCCN(CCNCCCNCCCNC)Cc1ccc(CC)cc1. The van der Waals surface area contributed by atoms with Crippen molar-refractivity contribution in [3.05, 3.63) is 35.4 Å². The van der Waals surface area contributed by atoms with Gasteiger partial charge in [-0.1, -0.05) is 38.1 Å². The molecular formula is C21H40N4. The van der Waals surface area contributed by atoms with Gasteiger partial charge in [-0.25, -0.2) is 0 Å². The number of rotatable bonds is 16. The van der Waals surface area contributed by atoms with Crippen molar-refractivity contribution in [3.63, 3.8) is 0 Å². The van der Waals surface area contributed by atoms with E-state index in [2.05, 4.69) is 59.0 Å². The summed E-state index contributed by atoms with van der Waals surface area (Å²) in [4.78, 5) is 2.56. The van der Waals surface area contributed by atoms with Crippen molar-refractivity contribution in [1.82, 2.24) is 20.9 Å². The second-order valence-electron chi connectivity index (χ2n) is 6.76. The Morgan fingerprint density at radius 3 is 1.96 bits per heavy atom. The van der Waals surface area contributed by atoms with Crippen LogP contribution in [0.25, 0.3) is 0 Å². The van der Waals surface area contributed by atoms with Gasteiger partial charge in [-0.2, -0.15) is 0 Å². The van der Waals surface area contributed by atoms with Crippen molar-refractivity contribution in [2.45, 2.75) is 46.1 Å². The molecule has 4 heteroatoms. The van der Waals surface area contributed by atoms with Gasteiger partial charge < -0.3 is 16.0 Å². The first-order valence-electron chi connectivity index (χ1n) is 10.2. The first-order chi connectivity index (χ1) is 12.3. The van der Waals surface area contributed by atoms with E-state index >= 15 is 0 Å². The summed E-state index contributed by atoms with van der Waals surface area (Å²) >= 11 is 0. The molecule has 0 aliphatic rings. The lowest BCUT2D eigenvalue weighted by Gasteiger charge is -2.22. The molecule has 0 spiro atoms. The highest BCUT2D eigenvalue weighted by molar-refractivity contribution is 5.22. The zero-order valence-corrected chi connectivity index (χ0v) is 16.7. The molecule has 1 aromatic rings. The van der Waals surface area contributed by atoms with Crippen molar-refractivity contribution in [3.8, 4) is 0 Å². The van der Waals surface area contributed by atoms with Gasteiger partial charge in [-0.15, -0.1) is 0 Å². The lowest BCUT2D eigenvalue weighted by atomic mass is 10.1. The van der Waals surface area contributed by atoms with Crippen LogP contribution in [0, 0.1) is 0 Å². The van der Waals surface area contributed by atoms with Gasteiger partial charge in [0.05, 0.1) is 0 Å². The Morgan fingerprint density at radius 1 is 0.760 bits per heavy atom. The van der Waals surface area contributed by atoms with E-state index < -0.39 is 0 Å². The molecule has 0 aliphatic carbocycles. The second-order valence-corrected chi connectivity index (χ2v) is 6.76. The first kappa shape index (κ1) is 22.1. The molecule has 0 bridgehead atoms. The van der Waals surface area contributed by atoms with Crippen molar-refractivity contribution < 1.29 is 0 Å². The smallest absolute Gasteiger partial charge is 0.0234 e. The monoisotopic (exact) mass is 348 g/mol.